The summed E-state index contributed by atoms with van der Waals surface area (Å²) < 4.78 is 2.09. The molecule has 1 saturated carbocycles. The maximum absolute atomic E-state index is 13.5. The van der Waals surface area contributed by atoms with E-state index in [2.05, 4.69) is 48.5 Å². The maximum Gasteiger partial charge on any atom is 0.246 e. The lowest BCUT2D eigenvalue weighted by Gasteiger charge is -2.36. The molecule has 1 aromatic carbocycles. The minimum atomic E-state index is 0.0419. The van der Waals surface area contributed by atoms with Crippen LogP contribution in [0.1, 0.15) is 44.9 Å². The van der Waals surface area contributed by atoms with E-state index >= 15 is 0 Å². The molecule has 5 rings (SSSR count). The third kappa shape index (κ3) is 5.21. The van der Waals surface area contributed by atoms with E-state index in [0.29, 0.717) is 24.6 Å². The van der Waals surface area contributed by atoms with Crippen molar-refractivity contribution in [2.45, 2.75) is 58.3 Å². The van der Waals surface area contributed by atoms with Gasteiger partial charge in [0, 0.05) is 41.7 Å². The third-order valence-electron chi connectivity index (χ3n) is 7.61. The standard InChI is InChI=1S/C30H34N6O/c1-30(2,3)34(4)16-6-9-27(37)35-19-26-28(23-12-14-32-15-13-23)29(24-8-5-7-21(17-24)18-31)33-36(26)20-25(35)22-10-11-22/h5-9,12-15,17,22,25H,10-11,16,19-20H2,1-4H3/b9-6+/t25-/m1/s1. The van der Waals surface area contributed by atoms with Crippen molar-refractivity contribution in [1.82, 2.24) is 24.6 Å². The first-order valence-electron chi connectivity index (χ1n) is 12.9. The Kier molecular flexibility index (Phi) is 6.70. The summed E-state index contributed by atoms with van der Waals surface area (Å²) in [6.07, 6.45) is 9.58. The van der Waals surface area contributed by atoms with E-state index in [0.717, 1.165) is 47.5 Å². The number of nitriles is 1. The fraction of sp³-hybridized carbons (Fsp3) is 0.400. The lowest BCUT2D eigenvalue weighted by Crippen LogP contribution is -2.47. The highest BCUT2D eigenvalue weighted by molar-refractivity contribution is 5.89. The molecule has 2 aliphatic rings. The molecule has 0 radical (unpaired) electrons. The Morgan fingerprint density at radius 3 is 2.62 bits per heavy atom. The first-order valence-corrected chi connectivity index (χ1v) is 12.9. The van der Waals surface area contributed by atoms with Crippen molar-refractivity contribution >= 4 is 5.91 Å². The zero-order valence-corrected chi connectivity index (χ0v) is 22.1. The predicted molar refractivity (Wildman–Crippen MR) is 144 cm³/mol. The Hall–Kier alpha value is -3.76. The van der Waals surface area contributed by atoms with Gasteiger partial charge in [0.15, 0.2) is 0 Å². The SMILES string of the molecule is CN(C/C=C/C(=O)N1Cc2c(-c3ccncc3)c(-c3cccc(C#N)c3)nn2C[C@@H]1C1CC1)C(C)(C)C. The van der Waals surface area contributed by atoms with E-state index in [-0.39, 0.29) is 17.5 Å². The minimum absolute atomic E-state index is 0.0419. The minimum Gasteiger partial charge on any atom is -0.328 e. The first-order chi connectivity index (χ1) is 17.8. The van der Waals surface area contributed by atoms with Crippen LogP contribution in [0.5, 0.6) is 0 Å². The monoisotopic (exact) mass is 494 g/mol. The summed E-state index contributed by atoms with van der Waals surface area (Å²) in [7, 11) is 2.07. The number of fused-ring (bicyclic) bond motifs is 1. The molecule has 1 aliphatic heterocycles. The van der Waals surface area contributed by atoms with Crippen LogP contribution in [0, 0.1) is 17.2 Å². The second-order valence-electron chi connectivity index (χ2n) is 11.1. The van der Waals surface area contributed by atoms with Gasteiger partial charge in [-0.25, -0.2) is 0 Å². The number of benzene rings is 1. The van der Waals surface area contributed by atoms with Crippen molar-refractivity contribution in [1.29, 1.82) is 5.26 Å². The smallest absolute Gasteiger partial charge is 0.246 e. The predicted octanol–water partition coefficient (Wildman–Crippen LogP) is 4.89. The number of carbonyl (C=O) groups excluding carboxylic acids is 1. The summed E-state index contributed by atoms with van der Waals surface area (Å²) >= 11 is 0. The summed E-state index contributed by atoms with van der Waals surface area (Å²) in [5.41, 5.74) is 5.41. The van der Waals surface area contributed by atoms with Gasteiger partial charge in [0.2, 0.25) is 5.91 Å². The van der Waals surface area contributed by atoms with Gasteiger partial charge in [0.1, 0.15) is 5.69 Å². The number of aromatic nitrogens is 3. The fourth-order valence-electron chi connectivity index (χ4n) is 4.93. The third-order valence-corrected chi connectivity index (χ3v) is 7.61. The lowest BCUT2D eigenvalue weighted by atomic mass is 9.97. The van der Waals surface area contributed by atoms with Crippen molar-refractivity contribution in [3.8, 4) is 28.5 Å². The van der Waals surface area contributed by atoms with Crippen molar-refractivity contribution in [3.63, 3.8) is 0 Å². The van der Waals surface area contributed by atoms with Gasteiger partial charge >= 0.3 is 0 Å². The Morgan fingerprint density at radius 1 is 1.19 bits per heavy atom. The molecule has 1 amide bonds. The highest BCUT2D eigenvalue weighted by Crippen LogP contribution is 2.42. The van der Waals surface area contributed by atoms with Crippen LogP contribution in [0.25, 0.3) is 22.4 Å². The average Bonchev–Trinajstić information content (AvgIpc) is 3.68. The van der Waals surface area contributed by atoms with Crippen molar-refractivity contribution in [2.75, 3.05) is 13.6 Å². The molecule has 0 saturated heterocycles. The van der Waals surface area contributed by atoms with Crippen LogP contribution < -0.4 is 0 Å². The summed E-state index contributed by atoms with van der Waals surface area (Å²) in [5, 5.41) is 14.5. The Labute approximate surface area is 219 Å². The molecule has 3 heterocycles. The molecule has 7 heteroatoms. The van der Waals surface area contributed by atoms with Gasteiger partial charge in [-0.15, -0.1) is 0 Å². The molecule has 1 fully saturated rings. The Morgan fingerprint density at radius 2 is 1.95 bits per heavy atom. The van der Waals surface area contributed by atoms with Gasteiger partial charge in [-0.3, -0.25) is 19.4 Å². The van der Waals surface area contributed by atoms with Gasteiger partial charge < -0.3 is 4.90 Å². The highest BCUT2D eigenvalue weighted by atomic mass is 16.2. The normalized spacial score (nSPS) is 17.7. The van der Waals surface area contributed by atoms with E-state index in [1.807, 2.05) is 41.3 Å². The number of likely N-dealkylation sites (N-methyl/N-ethyl adjacent to an activating group) is 1. The second kappa shape index (κ2) is 9.95. The zero-order valence-electron chi connectivity index (χ0n) is 22.1. The average molecular weight is 495 g/mol. The van der Waals surface area contributed by atoms with Gasteiger partial charge in [-0.2, -0.15) is 10.4 Å². The highest BCUT2D eigenvalue weighted by Gasteiger charge is 2.41. The van der Waals surface area contributed by atoms with Gasteiger partial charge in [0.05, 0.1) is 36.5 Å². The summed E-state index contributed by atoms with van der Waals surface area (Å²) in [5.74, 6) is 0.571. The van der Waals surface area contributed by atoms with E-state index in [1.165, 1.54) is 0 Å². The van der Waals surface area contributed by atoms with Crippen molar-refractivity contribution < 1.29 is 4.79 Å². The quantitative estimate of drug-likeness (QED) is 0.456. The molecular weight excluding hydrogens is 460 g/mol. The number of hydrogen-bond acceptors (Lipinski definition) is 5. The van der Waals surface area contributed by atoms with E-state index in [9.17, 15) is 10.1 Å². The van der Waals surface area contributed by atoms with Crippen LogP contribution in [0.15, 0.2) is 60.9 Å². The first kappa shape index (κ1) is 24.9. The maximum atomic E-state index is 13.5. The molecular formula is C30H34N6O. The van der Waals surface area contributed by atoms with Crippen LogP contribution in [-0.4, -0.2) is 55.6 Å². The van der Waals surface area contributed by atoms with Crippen LogP contribution in [0.2, 0.25) is 0 Å². The van der Waals surface area contributed by atoms with E-state index in [1.54, 1.807) is 24.5 Å². The molecule has 3 aromatic rings. The summed E-state index contributed by atoms with van der Waals surface area (Å²) in [6, 6.07) is 13.9. The number of amides is 1. The molecule has 0 spiro atoms. The number of pyridine rings is 1. The Bertz CT molecular complexity index is 1360. The topological polar surface area (TPSA) is 78.1 Å². The van der Waals surface area contributed by atoms with Crippen molar-refractivity contribution in [3.05, 3.63) is 72.2 Å². The number of hydrogen-bond donors (Lipinski definition) is 0. The zero-order chi connectivity index (χ0) is 26.2. The molecule has 2 aromatic heterocycles. The largest absolute Gasteiger partial charge is 0.328 e. The summed E-state index contributed by atoms with van der Waals surface area (Å²) in [4.78, 5) is 22.0. The van der Waals surface area contributed by atoms with Crippen LogP contribution >= 0.6 is 0 Å². The molecule has 7 nitrogen and oxygen atoms in total. The van der Waals surface area contributed by atoms with Gasteiger partial charge in [0.25, 0.3) is 0 Å². The van der Waals surface area contributed by atoms with Gasteiger partial charge in [-0.1, -0.05) is 18.2 Å². The van der Waals surface area contributed by atoms with Crippen LogP contribution in [0.4, 0.5) is 0 Å². The van der Waals surface area contributed by atoms with Gasteiger partial charge in [-0.05, 0) is 76.4 Å². The fourth-order valence-corrected chi connectivity index (χ4v) is 4.93. The Balaban J connectivity index is 1.53. The van der Waals surface area contributed by atoms with Crippen LogP contribution in [0.3, 0.4) is 0 Å². The number of rotatable bonds is 6. The van der Waals surface area contributed by atoms with E-state index < -0.39 is 0 Å². The lowest BCUT2D eigenvalue weighted by molar-refractivity contribution is -0.130. The number of carbonyl (C=O) groups is 1. The molecule has 1 atom stereocenters. The van der Waals surface area contributed by atoms with Crippen LogP contribution in [-0.2, 0) is 17.9 Å². The molecule has 37 heavy (non-hydrogen) atoms. The van der Waals surface area contributed by atoms with E-state index in [4.69, 9.17) is 5.10 Å². The molecule has 190 valence electrons. The van der Waals surface area contributed by atoms with Crippen molar-refractivity contribution in [2.24, 2.45) is 5.92 Å². The summed E-state index contributed by atoms with van der Waals surface area (Å²) in [6.45, 7) is 8.41. The molecule has 1 aliphatic carbocycles. The second-order valence-corrected chi connectivity index (χ2v) is 11.1. The number of nitrogens with zero attached hydrogens (tertiary/aromatic N) is 6. The molecule has 0 bridgehead atoms. The molecule has 0 N–H and O–H groups in total. The molecule has 0 unspecified atom stereocenters.